The van der Waals surface area contributed by atoms with Crippen LogP contribution in [0.2, 0.25) is 0 Å². The van der Waals surface area contributed by atoms with Gasteiger partial charge in [-0.3, -0.25) is 37.3 Å². The topological polar surface area (TPSA) is 237 Å². The summed E-state index contributed by atoms with van der Waals surface area (Å²) in [5.74, 6) is -2.16. The minimum absolute atomic E-state index is 0.0847. The molecule has 2 unspecified atom stereocenters. The highest BCUT2D eigenvalue weighted by molar-refractivity contribution is 7.47. The van der Waals surface area contributed by atoms with Crippen LogP contribution in [-0.4, -0.2) is 96.7 Å². The van der Waals surface area contributed by atoms with Gasteiger partial charge in [-0.05, 0) is 77.0 Å². The van der Waals surface area contributed by atoms with Gasteiger partial charge in [-0.2, -0.15) is 0 Å². The molecular formula is C77H144O17P2. The number of aliphatic hydroxyl groups is 1. The lowest BCUT2D eigenvalue weighted by atomic mass is 10.0. The van der Waals surface area contributed by atoms with Gasteiger partial charge in [-0.25, -0.2) is 9.13 Å². The van der Waals surface area contributed by atoms with Gasteiger partial charge in [0, 0.05) is 25.7 Å². The molecule has 17 nitrogen and oxygen atoms in total. The van der Waals surface area contributed by atoms with E-state index in [1.807, 2.05) is 0 Å². The first kappa shape index (κ1) is 93.3. The van der Waals surface area contributed by atoms with Gasteiger partial charge in [0.2, 0.25) is 0 Å². The molecular weight excluding hydrogens is 1260 g/mol. The van der Waals surface area contributed by atoms with Crippen LogP contribution in [0.3, 0.4) is 0 Å². The number of hydrogen-bond acceptors (Lipinski definition) is 15. The number of phosphoric acid groups is 2. The second kappa shape index (κ2) is 70.7. The molecule has 0 spiro atoms. The molecule has 564 valence electrons. The van der Waals surface area contributed by atoms with Crippen LogP contribution >= 0.6 is 15.6 Å². The second-order valence-electron chi connectivity index (χ2n) is 26.7. The predicted octanol–water partition coefficient (Wildman–Crippen LogP) is 22.3. The van der Waals surface area contributed by atoms with E-state index in [1.54, 1.807) is 0 Å². The molecule has 0 aliphatic carbocycles. The van der Waals surface area contributed by atoms with Gasteiger partial charge in [0.15, 0.2) is 12.2 Å². The summed E-state index contributed by atoms with van der Waals surface area (Å²) >= 11 is 0. The van der Waals surface area contributed by atoms with Crippen LogP contribution in [0.15, 0.2) is 36.5 Å². The van der Waals surface area contributed by atoms with E-state index >= 15 is 0 Å². The second-order valence-corrected chi connectivity index (χ2v) is 29.6. The number of carbonyl (C=O) groups is 4. The molecule has 0 aliphatic heterocycles. The van der Waals surface area contributed by atoms with Crippen LogP contribution in [0.1, 0.15) is 374 Å². The lowest BCUT2D eigenvalue weighted by molar-refractivity contribution is -0.161. The molecule has 0 aromatic rings. The molecule has 0 aromatic carbocycles. The van der Waals surface area contributed by atoms with Gasteiger partial charge in [-0.1, -0.05) is 308 Å². The third-order valence-electron chi connectivity index (χ3n) is 17.1. The number of unbranched alkanes of at least 4 members (excludes halogenated alkanes) is 44. The van der Waals surface area contributed by atoms with Crippen molar-refractivity contribution >= 4 is 39.5 Å². The molecule has 0 saturated heterocycles. The van der Waals surface area contributed by atoms with Crippen molar-refractivity contribution in [3.05, 3.63) is 36.5 Å². The van der Waals surface area contributed by atoms with E-state index in [4.69, 9.17) is 37.0 Å². The maximum Gasteiger partial charge on any atom is 0.472 e. The SMILES string of the molecule is CCCCCC/C=C\C=C/CCCCCCCC(=O)O[C@H](COC(=O)CCCCCCCCCCCCCCC)COP(=O)(O)OC[C@@H](O)COP(=O)(O)OC[C@@H](COC(=O)CCCCCCC/C=C\CCCCCCCC)OC(=O)CCCCCCCCCCCCCCC. The molecule has 0 aromatic heterocycles. The highest BCUT2D eigenvalue weighted by Gasteiger charge is 2.30. The summed E-state index contributed by atoms with van der Waals surface area (Å²) in [4.78, 5) is 72.8. The zero-order chi connectivity index (χ0) is 70.4. The van der Waals surface area contributed by atoms with Crippen molar-refractivity contribution in [2.24, 2.45) is 0 Å². The molecule has 0 heterocycles. The minimum Gasteiger partial charge on any atom is -0.462 e. The number of aliphatic hydroxyl groups excluding tert-OH is 1. The Morgan fingerprint density at radius 1 is 0.292 bits per heavy atom. The monoisotopic (exact) mass is 1400 g/mol. The zero-order valence-corrected chi connectivity index (χ0v) is 63.4. The maximum absolute atomic E-state index is 13.1. The number of hydrogen-bond donors (Lipinski definition) is 3. The van der Waals surface area contributed by atoms with E-state index in [1.165, 1.54) is 173 Å². The number of allylic oxidation sites excluding steroid dienone is 6. The first-order valence-corrected chi connectivity index (χ1v) is 42.2. The Kier molecular flexibility index (Phi) is 68.7. The summed E-state index contributed by atoms with van der Waals surface area (Å²) in [7, 11) is -9.93. The molecule has 5 atom stereocenters. The largest absolute Gasteiger partial charge is 0.472 e. The van der Waals surface area contributed by atoms with E-state index in [9.17, 15) is 43.2 Å². The number of ether oxygens (including phenoxy) is 4. The molecule has 19 heteroatoms. The predicted molar refractivity (Wildman–Crippen MR) is 391 cm³/mol. The average molecular weight is 1400 g/mol. The molecule has 0 saturated carbocycles. The van der Waals surface area contributed by atoms with E-state index in [0.717, 1.165) is 122 Å². The van der Waals surface area contributed by atoms with E-state index in [-0.39, 0.29) is 25.7 Å². The van der Waals surface area contributed by atoms with Gasteiger partial charge in [0.1, 0.15) is 19.3 Å². The Morgan fingerprint density at radius 2 is 0.510 bits per heavy atom. The Balaban J connectivity index is 5.31. The summed E-state index contributed by atoms with van der Waals surface area (Å²) in [6, 6.07) is 0. The van der Waals surface area contributed by atoms with Crippen LogP contribution < -0.4 is 0 Å². The van der Waals surface area contributed by atoms with E-state index in [0.29, 0.717) is 25.7 Å². The highest BCUT2D eigenvalue weighted by Crippen LogP contribution is 2.45. The third kappa shape index (κ3) is 69.7. The van der Waals surface area contributed by atoms with Gasteiger partial charge >= 0.3 is 39.5 Å². The number of carbonyl (C=O) groups excluding carboxylic acids is 4. The molecule has 96 heavy (non-hydrogen) atoms. The smallest absolute Gasteiger partial charge is 0.462 e. The molecule has 0 fully saturated rings. The summed E-state index contributed by atoms with van der Waals surface area (Å²) in [6.07, 6.45) is 65.5. The van der Waals surface area contributed by atoms with Crippen molar-refractivity contribution in [1.29, 1.82) is 0 Å². The van der Waals surface area contributed by atoms with Crippen molar-refractivity contribution in [3.63, 3.8) is 0 Å². The molecule has 0 aliphatic rings. The van der Waals surface area contributed by atoms with Gasteiger partial charge in [-0.15, -0.1) is 0 Å². The fraction of sp³-hybridized carbons (Fsp3) is 0.870. The molecule has 0 amide bonds. The molecule has 0 bridgehead atoms. The molecule has 3 N–H and O–H groups in total. The minimum atomic E-state index is -4.97. The Labute approximate surface area is 585 Å². The van der Waals surface area contributed by atoms with Gasteiger partial charge in [0.25, 0.3) is 0 Å². The summed E-state index contributed by atoms with van der Waals surface area (Å²) in [5.41, 5.74) is 0. The van der Waals surface area contributed by atoms with Crippen LogP contribution in [0.5, 0.6) is 0 Å². The summed E-state index contributed by atoms with van der Waals surface area (Å²) in [6.45, 7) is 4.90. The lowest BCUT2D eigenvalue weighted by Crippen LogP contribution is -2.30. The fourth-order valence-corrected chi connectivity index (χ4v) is 12.7. The van der Waals surface area contributed by atoms with Gasteiger partial charge in [0.05, 0.1) is 26.4 Å². The fourth-order valence-electron chi connectivity index (χ4n) is 11.1. The third-order valence-corrected chi connectivity index (χ3v) is 19.0. The zero-order valence-electron chi connectivity index (χ0n) is 61.6. The lowest BCUT2D eigenvalue weighted by Gasteiger charge is -2.21. The number of phosphoric ester groups is 2. The molecule has 0 rings (SSSR count). The average Bonchev–Trinajstić information content (AvgIpc) is 1.29. The van der Waals surface area contributed by atoms with Crippen LogP contribution in [-0.2, 0) is 65.4 Å². The van der Waals surface area contributed by atoms with Gasteiger partial charge < -0.3 is 33.8 Å². The van der Waals surface area contributed by atoms with Crippen LogP contribution in [0.25, 0.3) is 0 Å². The quantitative estimate of drug-likeness (QED) is 0.0128. The standard InChI is InChI=1S/C77H144O17P2/c1-5-9-13-17-21-25-29-33-35-39-42-46-50-54-58-62-75(80)88-68-72(93-76(81)63-59-55-51-47-43-38-32-28-24-20-16-12-8-4)69-91-95(83,84)89-65-71(78)66-90-96(85,86)92-70-73(67-87-74(79)61-57-53-49-45-41-37-31-27-23-19-15-11-7-3)94-77(82)64-60-56-52-48-44-40-36-34-30-26-22-18-14-10-6-2/h26,30,33-36,71-73,78H,5-25,27-29,31-32,37-70H2,1-4H3,(H,83,84)(H,85,86)/b30-26-,35-33-,36-34-/t71-,72+,73+/m0/s1. The van der Waals surface area contributed by atoms with Crippen molar-refractivity contribution in [3.8, 4) is 0 Å². The Hall–Kier alpha value is -2.72. The Bertz CT molecular complexity index is 1970. The van der Waals surface area contributed by atoms with Crippen molar-refractivity contribution < 1.29 is 80.2 Å². The first-order chi connectivity index (χ1) is 46.7. The van der Waals surface area contributed by atoms with Crippen molar-refractivity contribution in [1.82, 2.24) is 0 Å². The summed E-state index contributed by atoms with van der Waals surface area (Å²) in [5, 5.41) is 10.6. The normalized spacial score (nSPS) is 14.1. The first-order valence-electron chi connectivity index (χ1n) is 39.2. The van der Waals surface area contributed by atoms with Crippen molar-refractivity contribution in [2.75, 3.05) is 39.6 Å². The maximum atomic E-state index is 13.1. The number of esters is 4. The Morgan fingerprint density at radius 3 is 0.792 bits per heavy atom. The van der Waals surface area contributed by atoms with Crippen LogP contribution in [0.4, 0.5) is 0 Å². The highest BCUT2D eigenvalue weighted by atomic mass is 31.2. The van der Waals surface area contributed by atoms with Crippen LogP contribution in [0, 0.1) is 0 Å². The van der Waals surface area contributed by atoms with E-state index in [2.05, 4.69) is 64.2 Å². The molecule has 0 radical (unpaired) electrons. The number of rotatable bonds is 75. The van der Waals surface area contributed by atoms with Crippen molar-refractivity contribution in [2.45, 2.75) is 393 Å². The summed E-state index contributed by atoms with van der Waals surface area (Å²) < 4.78 is 68.5. The van der Waals surface area contributed by atoms with E-state index < -0.39 is 97.5 Å².